The number of rotatable bonds is 5. The van der Waals surface area contributed by atoms with Gasteiger partial charge in [0.2, 0.25) is 10.0 Å². The molecule has 10 heteroatoms. The Hall–Kier alpha value is -1.13. The largest absolute Gasteiger partial charge is 0.279 e. The highest BCUT2D eigenvalue weighted by atomic mass is 35.5. The summed E-state index contributed by atoms with van der Waals surface area (Å²) in [5.41, 5.74) is 0.259. The number of nitrogens with one attached hydrogen (secondary N) is 2. The summed E-state index contributed by atoms with van der Waals surface area (Å²) in [6.45, 7) is 0. The van der Waals surface area contributed by atoms with Crippen LogP contribution in [0.1, 0.15) is 0 Å². The van der Waals surface area contributed by atoms with E-state index in [1.165, 1.54) is 43.4 Å². The van der Waals surface area contributed by atoms with Gasteiger partial charge in [-0.1, -0.05) is 11.6 Å². The third kappa shape index (κ3) is 3.74. The van der Waals surface area contributed by atoms with Crippen molar-refractivity contribution >= 4 is 48.7 Å². The summed E-state index contributed by atoms with van der Waals surface area (Å²) >= 11 is 6.64. The Labute approximate surface area is 131 Å². The predicted molar refractivity (Wildman–Crippen MR) is 82.8 cm³/mol. The maximum atomic E-state index is 12.1. The molecule has 0 spiro atoms. The quantitative estimate of drug-likeness (QED) is 0.847. The molecule has 2 N–H and O–H groups in total. The van der Waals surface area contributed by atoms with Gasteiger partial charge in [0.1, 0.15) is 4.21 Å². The van der Waals surface area contributed by atoms with E-state index in [9.17, 15) is 16.8 Å². The van der Waals surface area contributed by atoms with Gasteiger partial charge < -0.3 is 0 Å². The SMILES string of the molecule is CNS(=O)(=O)c1ccc(NS(=O)(=O)c2ccc(Cl)s2)cc1. The lowest BCUT2D eigenvalue weighted by Crippen LogP contribution is -2.18. The first-order chi connectivity index (χ1) is 9.74. The minimum atomic E-state index is -3.73. The fourth-order valence-electron chi connectivity index (χ4n) is 1.47. The Bertz CT molecular complexity index is 842. The molecular formula is C11H11ClN2O4S3. The first-order valence-corrected chi connectivity index (χ1v) is 9.72. The third-order valence-corrected chi connectivity index (χ3v) is 7.03. The molecule has 0 fully saturated rings. The van der Waals surface area contributed by atoms with Crippen molar-refractivity contribution in [1.29, 1.82) is 0 Å². The van der Waals surface area contributed by atoms with Gasteiger partial charge in [-0.2, -0.15) is 0 Å². The second kappa shape index (κ2) is 5.93. The summed E-state index contributed by atoms with van der Waals surface area (Å²) in [6, 6.07) is 8.25. The van der Waals surface area contributed by atoms with E-state index in [-0.39, 0.29) is 14.8 Å². The second-order valence-corrected chi connectivity index (χ2v) is 9.41. The van der Waals surface area contributed by atoms with Gasteiger partial charge in [0.05, 0.1) is 9.23 Å². The lowest BCUT2D eigenvalue weighted by atomic mass is 10.3. The molecular weight excluding hydrogens is 356 g/mol. The van der Waals surface area contributed by atoms with Crippen molar-refractivity contribution < 1.29 is 16.8 Å². The average molecular weight is 367 g/mol. The fourth-order valence-corrected chi connectivity index (χ4v) is 4.74. The molecule has 0 amide bonds. The third-order valence-electron chi connectivity index (χ3n) is 2.50. The first kappa shape index (κ1) is 16.2. The molecule has 21 heavy (non-hydrogen) atoms. The summed E-state index contributed by atoms with van der Waals surface area (Å²) in [5.74, 6) is 0. The zero-order valence-corrected chi connectivity index (χ0v) is 13.9. The van der Waals surface area contributed by atoms with Gasteiger partial charge >= 0.3 is 0 Å². The van der Waals surface area contributed by atoms with Gasteiger partial charge in [-0.25, -0.2) is 21.6 Å². The zero-order valence-electron chi connectivity index (χ0n) is 10.7. The molecule has 0 saturated heterocycles. The summed E-state index contributed by atoms with van der Waals surface area (Å²) in [6.07, 6.45) is 0. The number of sulfonamides is 2. The van der Waals surface area contributed by atoms with Crippen LogP contribution >= 0.6 is 22.9 Å². The van der Waals surface area contributed by atoms with Crippen LogP contribution in [0.4, 0.5) is 5.69 Å². The van der Waals surface area contributed by atoms with E-state index in [1.54, 1.807) is 0 Å². The molecule has 0 radical (unpaired) electrons. The highest BCUT2D eigenvalue weighted by Crippen LogP contribution is 2.27. The molecule has 0 aliphatic heterocycles. The Morgan fingerprint density at radius 2 is 1.57 bits per heavy atom. The summed E-state index contributed by atoms with van der Waals surface area (Å²) < 4.78 is 52.2. The molecule has 0 aliphatic rings. The highest BCUT2D eigenvalue weighted by molar-refractivity contribution is 7.94. The van der Waals surface area contributed by atoms with Crippen LogP contribution in [-0.2, 0) is 20.0 Å². The summed E-state index contributed by atoms with van der Waals surface area (Å²) in [4.78, 5) is 0.0483. The molecule has 114 valence electrons. The standard InChI is InChI=1S/C11H11ClN2O4S3/c1-13-20(15,16)9-4-2-8(3-5-9)14-21(17,18)11-7-6-10(12)19-11/h2-7,13-14H,1H3. The Balaban J connectivity index is 2.25. The van der Waals surface area contributed by atoms with E-state index in [2.05, 4.69) is 9.44 Å². The number of benzene rings is 1. The molecule has 0 unspecified atom stereocenters. The van der Waals surface area contributed by atoms with E-state index in [0.29, 0.717) is 4.34 Å². The molecule has 0 bridgehead atoms. The van der Waals surface area contributed by atoms with Gasteiger partial charge in [0, 0.05) is 5.69 Å². The van der Waals surface area contributed by atoms with E-state index in [1.807, 2.05) is 0 Å². The maximum absolute atomic E-state index is 12.1. The van der Waals surface area contributed by atoms with Crippen molar-refractivity contribution in [2.24, 2.45) is 0 Å². The van der Waals surface area contributed by atoms with Gasteiger partial charge in [-0.15, -0.1) is 11.3 Å². The van der Waals surface area contributed by atoms with Crippen molar-refractivity contribution in [3.05, 3.63) is 40.7 Å². The number of hydrogen-bond donors (Lipinski definition) is 2. The molecule has 2 rings (SSSR count). The van der Waals surface area contributed by atoms with Crippen LogP contribution in [0.5, 0.6) is 0 Å². The number of hydrogen-bond acceptors (Lipinski definition) is 5. The molecule has 0 atom stereocenters. The van der Waals surface area contributed by atoms with Gasteiger partial charge in [0.15, 0.2) is 0 Å². The van der Waals surface area contributed by atoms with E-state index >= 15 is 0 Å². The Morgan fingerprint density at radius 3 is 2.05 bits per heavy atom. The molecule has 0 aliphatic carbocycles. The Morgan fingerprint density at radius 1 is 0.952 bits per heavy atom. The van der Waals surface area contributed by atoms with Crippen LogP contribution in [0.2, 0.25) is 4.34 Å². The van der Waals surface area contributed by atoms with Crippen molar-refractivity contribution in [1.82, 2.24) is 4.72 Å². The maximum Gasteiger partial charge on any atom is 0.271 e. The minimum Gasteiger partial charge on any atom is -0.279 e. The monoisotopic (exact) mass is 366 g/mol. The van der Waals surface area contributed by atoms with Gasteiger partial charge in [-0.3, -0.25) is 4.72 Å². The van der Waals surface area contributed by atoms with E-state index in [4.69, 9.17) is 11.6 Å². The van der Waals surface area contributed by atoms with Crippen molar-refractivity contribution in [2.45, 2.75) is 9.10 Å². The molecule has 0 saturated carbocycles. The lowest BCUT2D eigenvalue weighted by molar-refractivity contribution is 0.588. The summed E-state index contributed by atoms with van der Waals surface area (Å²) in [7, 11) is -5.98. The average Bonchev–Trinajstić information content (AvgIpc) is 2.86. The van der Waals surface area contributed by atoms with Crippen molar-refractivity contribution in [2.75, 3.05) is 11.8 Å². The second-order valence-electron chi connectivity index (χ2n) is 3.90. The molecule has 1 heterocycles. The predicted octanol–water partition coefficient (Wildman–Crippen LogP) is 2.11. The van der Waals surface area contributed by atoms with Crippen LogP contribution in [0.3, 0.4) is 0 Å². The number of thiophene rings is 1. The van der Waals surface area contributed by atoms with Crippen LogP contribution < -0.4 is 9.44 Å². The zero-order chi connectivity index (χ0) is 15.7. The van der Waals surface area contributed by atoms with Gasteiger partial charge in [-0.05, 0) is 43.4 Å². The first-order valence-electron chi connectivity index (χ1n) is 5.56. The van der Waals surface area contributed by atoms with E-state index in [0.717, 1.165) is 11.3 Å². The molecule has 6 nitrogen and oxygen atoms in total. The van der Waals surface area contributed by atoms with Crippen LogP contribution in [0.25, 0.3) is 0 Å². The topological polar surface area (TPSA) is 92.3 Å². The lowest BCUT2D eigenvalue weighted by Gasteiger charge is -2.07. The molecule has 1 aromatic heterocycles. The highest BCUT2D eigenvalue weighted by Gasteiger charge is 2.17. The Kier molecular flexibility index (Phi) is 4.59. The van der Waals surface area contributed by atoms with Crippen molar-refractivity contribution in [3.8, 4) is 0 Å². The number of anilines is 1. The fraction of sp³-hybridized carbons (Fsp3) is 0.0909. The minimum absolute atomic E-state index is 0.0483. The van der Waals surface area contributed by atoms with Crippen LogP contribution in [0.15, 0.2) is 45.5 Å². The van der Waals surface area contributed by atoms with E-state index < -0.39 is 20.0 Å². The molecule has 2 aromatic rings. The van der Waals surface area contributed by atoms with Gasteiger partial charge in [0.25, 0.3) is 10.0 Å². The normalized spacial score (nSPS) is 12.3. The van der Waals surface area contributed by atoms with Crippen LogP contribution in [0, 0.1) is 0 Å². The smallest absolute Gasteiger partial charge is 0.271 e. The van der Waals surface area contributed by atoms with Crippen LogP contribution in [-0.4, -0.2) is 23.9 Å². The summed E-state index contributed by atoms with van der Waals surface area (Å²) in [5, 5.41) is 0. The number of halogens is 1. The molecule has 1 aromatic carbocycles. The van der Waals surface area contributed by atoms with Crippen molar-refractivity contribution in [3.63, 3.8) is 0 Å².